The third-order valence-corrected chi connectivity index (χ3v) is 2.83. The monoisotopic (exact) mass is 222 g/mol. The SMILES string of the molecule is COc1c(C)cc(C)c(C(C)CC=O)c1O. The maximum Gasteiger partial charge on any atom is 0.163 e. The van der Waals surface area contributed by atoms with Gasteiger partial charge in [0.2, 0.25) is 0 Å². The van der Waals surface area contributed by atoms with E-state index >= 15 is 0 Å². The molecular weight excluding hydrogens is 204 g/mol. The molecule has 0 aliphatic heterocycles. The lowest BCUT2D eigenvalue weighted by molar-refractivity contribution is -0.108. The highest BCUT2D eigenvalue weighted by atomic mass is 16.5. The van der Waals surface area contributed by atoms with Crippen molar-refractivity contribution in [1.82, 2.24) is 0 Å². The fraction of sp³-hybridized carbons (Fsp3) is 0.462. The van der Waals surface area contributed by atoms with E-state index in [2.05, 4.69) is 0 Å². The Balaban J connectivity index is 3.32. The first-order chi connectivity index (χ1) is 7.52. The highest BCUT2D eigenvalue weighted by Crippen LogP contribution is 2.40. The maximum absolute atomic E-state index is 10.5. The van der Waals surface area contributed by atoms with E-state index in [1.165, 1.54) is 7.11 Å². The summed E-state index contributed by atoms with van der Waals surface area (Å²) in [6.07, 6.45) is 1.27. The van der Waals surface area contributed by atoms with Crippen molar-refractivity contribution >= 4 is 6.29 Å². The number of phenolic OH excluding ortho intramolecular Hbond substituents is 1. The van der Waals surface area contributed by atoms with Crippen LogP contribution in [0.15, 0.2) is 6.07 Å². The summed E-state index contributed by atoms with van der Waals surface area (Å²) in [7, 11) is 1.53. The Morgan fingerprint density at radius 3 is 2.56 bits per heavy atom. The number of hydrogen-bond acceptors (Lipinski definition) is 3. The molecule has 1 rings (SSSR count). The molecule has 3 nitrogen and oxygen atoms in total. The number of hydrogen-bond donors (Lipinski definition) is 1. The third kappa shape index (κ3) is 2.18. The predicted octanol–water partition coefficient (Wildman–Crippen LogP) is 2.71. The van der Waals surface area contributed by atoms with Gasteiger partial charge in [0, 0.05) is 12.0 Å². The third-order valence-electron chi connectivity index (χ3n) is 2.83. The zero-order valence-electron chi connectivity index (χ0n) is 10.2. The first kappa shape index (κ1) is 12.6. The van der Waals surface area contributed by atoms with E-state index in [4.69, 9.17) is 4.74 Å². The molecule has 0 radical (unpaired) electrons. The van der Waals surface area contributed by atoms with Crippen molar-refractivity contribution < 1.29 is 14.6 Å². The van der Waals surface area contributed by atoms with Crippen LogP contribution >= 0.6 is 0 Å². The number of ether oxygens (including phenoxy) is 1. The molecular formula is C13H18O3. The number of carbonyl (C=O) groups is 1. The van der Waals surface area contributed by atoms with Gasteiger partial charge in [-0.3, -0.25) is 0 Å². The van der Waals surface area contributed by atoms with Gasteiger partial charge in [-0.25, -0.2) is 0 Å². The molecule has 0 aromatic heterocycles. The van der Waals surface area contributed by atoms with E-state index in [0.717, 1.165) is 23.0 Å². The Bertz CT molecular complexity index is 397. The molecule has 0 aliphatic rings. The zero-order chi connectivity index (χ0) is 12.3. The van der Waals surface area contributed by atoms with E-state index in [-0.39, 0.29) is 11.7 Å². The molecule has 0 saturated heterocycles. The molecule has 1 aromatic carbocycles. The minimum absolute atomic E-state index is 0.00648. The number of phenols is 1. The van der Waals surface area contributed by atoms with Gasteiger partial charge in [-0.05, 0) is 30.9 Å². The molecule has 0 spiro atoms. The second-order valence-electron chi connectivity index (χ2n) is 4.11. The van der Waals surface area contributed by atoms with Crippen LogP contribution in [0.1, 0.15) is 36.0 Å². The molecule has 88 valence electrons. The summed E-state index contributed by atoms with van der Waals surface area (Å²) in [5.41, 5.74) is 2.69. The molecule has 16 heavy (non-hydrogen) atoms. The molecule has 3 heteroatoms. The number of carbonyl (C=O) groups excluding carboxylic acids is 1. The van der Waals surface area contributed by atoms with E-state index in [0.29, 0.717) is 12.2 Å². The molecule has 1 aromatic rings. The lowest BCUT2D eigenvalue weighted by atomic mass is 9.91. The number of rotatable bonds is 4. The number of aromatic hydroxyl groups is 1. The van der Waals surface area contributed by atoms with Crippen LogP contribution in [0.4, 0.5) is 0 Å². The zero-order valence-corrected chi connectivity index (χ0v) is 10.2. The largest absolute Gasteiger partial charge is 0.504 e. The van der Waals surface area contributed by atoms with Gasteiger partial charge in [0.15, 0.2) is 11.5 Å². The van der Waals surface area contributed by atoms with Gasteiger partial charge in [-0.2, -0.15) is 0 Å². The highest BCUT2D eigenvalue weighted by Gasteiger charge is 2.18. The first-order valence-electron chi connectivity index (χ1n) is 5.33. The van der Waals surface area contributed by atoms with Gasteiger partial charge in [0.1, 0.15) is 6.29 Å². The van der Waals surface area contributed by atoms with Crippen molar-refractivity contribution in [2.45, 2.75) is 33.1 Å². The summed E-state index contributed by atoms with van der Waals surface area (Å²) in [4.78, 5) is 10.5. The first-order valence-corrected chi connectivity index (χ1v) is 5.33. The highest BCUT2D eigenvalue weighted by molar-refractivity contribution is 5.58. The fourth-order valence-corrected chi connectivity index (χ4v) is 2.11. The minimum Gasteiger partial charge on any atom is -0.504 e. The Morgan fingerprint density at radius 1 is 1.44 bits per heavy atom. The number of aryl methyl sites for hydroxylation is 2. The van der Waals surface area contributed by atoms with E-state index in [1.54, 1.807) is 0 Å². The average Bonchev–Trinajstić information content (AvgIpc) is 2.17. The van der Waals surface area contributed by atoms with Crippen LogP contribution in [0, 0.1) is 13.8 Å². The summed E-state index contributed by atoms with van der Waals surface area (Å²) >= 11 is 0. The van der Waals surface area contributed by atoms with Gasteiger partial charge in [0.25, 0.3) is 0 Å². The number of benzene rings is 1. The number of methoxy groups -OCH3 is 1. The van der Waals surface area contributed by atoms with E-state index < -0.39 is 0 Å². The quantitative estimate of drug-likeness (QED) is 0.797. The summed E-state index contributed by atoms with van der Waals surface area (Å²) in [5.74, 6) is 0.666. The molecule has 0 aliphatic carbocycles. The van der Waals surface area contributed by atoms with Gasteiger partial charge in [0.05, 0.1) is 7.11 Å². The van der Waals surface area contributed by atoms with Crippen LogP contribution in [0.2, 0.25) is 0 Å². The van der Waals surface area contributed by atoms with Crippen molar-refractivity contribution in [3.8, 4) is 11.5 Å². The van der Waals surface area contributed by atoms with Crippen molar-refractivity contribution in [3.63, 3.8) is 0 Å². The second-order valence-corrected chi connectivity index (χ2v) is 4.11. The van der Waals surface area contributed by atoms with Crippen LogP contribution in [-0.2, 0) is 4.79 Å². The van der Waals surface area contributed by atoms with Crippen molar-refractivity contribution in [1.29, 1.82) is 0 Å². The van der Waals surface area contributed by atoms with E-state index in [9.17, 15) is 9.90 Å². The predicted molar refractivity (Wildman–Crippen MR) is 63.2 cm³/mol. The minimum atomic E-state index is 0.00648. The lowest BCUT2D eigenvalue weighted by Crippen LogP contribution is -2.01. The Kier molecular flexibility index (Phi) is 3.93. The van der Waals surface area contributed by atoms with Gasteiger partial charge in [-0.15, -0.1) is 0 Å². The Hall–Kier alpha value is -1.51. The van der Waals surface area contributed by atoms with Crippen molar-refractivity contribution in [3.05, 3.63) is 22.8 Å². The summed E-state index contributed by atoms with van der Waals surface area (Å²) < 4.78 is 5.16. The molecule has 1 N–H and O–H groups in total. The van der Waals surface area contributed by atoms with Crippen LogP contribution in [0.5, 0.6) is 11.5 Å². The number of aldehydes is 1. The van der Waals surface area contributed by atoms with Crippen molar-refractivity contribution in [2.75, 3.05) is 7.11 Å². The van der Waals surface area contributed by atoms with Crippen molar-refractivity contribution in [2.24, 2.45) is 0 Å². The topological polar surface area (TPSA) is 46.5 Å². The van der Waals surface area contributed by atoms with Crippen LogP contribution in [0.3, 0.4) is 0 Å². The maximum atomic E-state index is 10.5. The van der Waals surface area contributed by atoms with Crippen LogP contribution < -0.4 is 4.74 Å². The van der Waals surface area contributed by atoms with Gasteiger partial charge >= 0.3 is 0 Å². The summed E-state index contributed by atoms with van der Waals surface area (Å²) in [6, 6.07) is 1.97. The van der Waals surface area contributed by atoms with Crippen LogP contribution in [0.25, 0.3) is 0 Å². The Morgan fingerprint density at radius 2 is 2.06 bits per heavy atom. The molecule has 1 atom stereocenters. The summed E-state index contributed by atoms with van der Waals surface area (Å²) in [5, 5.41) is 10.1. The molecule has 0 bridgehead atoms. The smallest absolute Gasteiger partial charge is 0.163 e. The fourth-order valence-electron chi connectivity index (χ4n) is 2.11. The molecule has 0 amide bonds. The lowest BCUT2D eigenvalue weighted by Gasteiger charge is -2.18. The summed E-state index contributed by atoms with van der Waals surface area (Å²) in [6.45, 7) is 5.74. The molecule has 1 unspecified atom stereocenters. The second kappa shape index (κ2) is 5.01. The molecule has 0 fully saturated rings. The molecule has 0 saturated carbocycles. The van der Waals surface area contributed by atoms with E-state index in [1.807, 2.05) is 26.8 Å². The standard InChI is InChI=1S/C13H18O3/c1-8(5-6-14)11-9(2)7-10(3)13(16-4)12(11)15/h6-8,15H,5H2,1-4H3. The normalized spacial score (nSPS) is 12.2. The van der Waals surface area contributed by atoms with Gasteiger partial charge in [-0.1, -0.05) is 13.0 Å². The Labute approximate surface area is 96.1 Å². The average molecular weight is 222 g/mol. The van der Waals surface area contributed by atoms with Gasteiger partial charge < -0.3 is 14.6 Å². The molecule has 0 heterocycles. The van der Waals surface area contributed by atoms with Crippen LogP contribution in [-0.4, -0.2) is 18.5 Å².